The number of β-amino-alcohol motifs (C(OH)–C–C–N with tert-alkyl or cyclic N) is 1. The third-order valence-electron chi connectivity index (χ3n) is 4.38. The first-order chi connectivity index (χ1) is 12.2. The Morgan fingerprint density at radius 2 is 2.12 bits per heavy atom. The number of fused-ring (bicyclic) bond motifs is 1. The highest BCUT2D eigenvalue weighted by Crippen LogP contribution is 2.40. The number of hydrogen-bond acceptors (Lipinski definition) is 6. The number of rotatable bonds is 3. The summed E-state index contributed by atoms with van der Waals surface area (Å²) in [6.07, 6.45) is 2.19. The van der Waals surface area contributed by atoms with Crippen molar-refractivity contribution in [3.05, 3.63) is 42.4 Å². The Bertz CT molecular complexity index is 744. The topological polar surface area (TPSA) is 81.4 Å². The van der Waals surface area contributed by atoms with Gasteiger partial charge in [-0.05, 0) is 18.2 Å². The molecule has 3 heterocycles. The van der Waals surface area contributed by atoms with E-state index in [0.717, 1.165) is 0 Å². The van der Waals surface area contributed by atoms with Crippen LogP contribution in [0.15, 0.2) is 41.2 Å². The summed E-state index contributed by atoms with van der Waals surface area (Å²) in [4.78, 5) is 13.9. The Balaban J connectivity index is 1.43. The lowest BCUT2D eigenvalue weighted by Crippen LogP contribution is -2.51. The summed E-state index contributed by atoms with van der Waals surface area (Å²) in [6.45, 7) is 1.68. The zero-order valence-corrected chi connectivity index (χ0v) is 13.6. The fourth-order valence-corrected chi connectivity index (χ4v) is 3.10. The van der Waals surface area contributed by atoms with Gasteiger partial charge in [-0.1, -0.05) is 6.07 Å². The van der Waals surface area contributed by atoms with E-state index >= 15 is 0 Å². The number of benzene rings is 1. The Kier molecular flexibility index (Phi) is 4.23. The summed E-state index contributed by atoms with van der Waals surface area (Å²) in [5, 5.41) is 10.4. The van der Waals surface area contributed by atoms with Gasteiger partial charge < -0.3 is 28.6 Å². The molecular weight excluding hydrogens is 326 g/mol. The lowest BCUT2D eigenvalue weighted by molar-refractivity contribution is -0.0214. The number of furan rings is 1. The summed E-state index contributed by atoms with van der Waals surface area (Å²) in [6, 6.07) is 7.06. The number of carbonyl (C=O) groups is 1. The van der Waals surface area contributed by atoms with Crippen molar-refractivity contribution in [2.75, 3.05) is 26.3 Å². The van der Waals surface area contributed by atoms with Gasteiger partial charge in [0.05, 0.1) is 18.4 Å². The minimum absolute atomic E-state index is 0.153. The van der Waals surface area contributed by atoms with Crippen molar-refractivity contribution in [1.29, 1.82) is 0 Å². The van der Waals surface area contributed by atoms with Gasteiger partial charge in [-0.15, -0.1) is 0 Å². The van der Waals surface area contributed by atoms with Gasteiger partial charge in [-0.3, -0.25) is 4.79 Å². The van der Waals surface area contributed by atoms with E-state index in [1.807, 2.05) is 12.1 Å². The molecule has 1 fully saturated rings. The Morgan fingerprint density at radius 3 is 2.92 bits per heavy atom. The number of aliphatic hydroxyl groups excluding tert-OH is 1. The first kappa shape index (κ1) is 15.8. The first-order valence-corrected chi connectivity index (χ1v) is 8.27. The third-order valence-corrected chi connectivity index (χ3v) is 4.38. The van der Waals surface area contributed by atoms with Crippen molar-refractivity contribution in [2.24, 2.45) is 0 Å². The molecule has 1 amide bonds. The highest BCUT2D eigenvalue weighted by Gasteiger charge is 2.33. The molecule has 2 atom stereocenters. The van der Waals surface area contributed by atoms with Crippen LogP contribution in [-0.4, -0.2) is 54.4 Å². The van der Waals surface area contributed by atoms with E-state index in [1.165, 1.54) is 12.5 Å². The number of aliphatic hydroxyl groups is 1. The van der Waals surface area contributed by atoms with Crippen molar-refractivity contribution >= 4 is 5.91 Å². The molecule has 0 bridgehead atoms. The van der Waals surface area contributed by atoms with Crippen LogP contribution in [0.4, 0.5) is 0 Å². The largest absolute Gasteiger partial charge is 0.486 e. The summed E-state index contributed by atoms with van der Waals surface area (Å²) in [5.74, 6) is 1.61. The van der Waals surface area contributed by atoms with Crippen molar-refractivity contribution < 1.29 is 28.5 Å². The second-order valence-corrected chi connectivity index (χ2v) is 6.06. The zero-order chi connectivity index (χ0) is 17.2. The van der Waals surface area contributed by atoms with E-state index in [4.69, 9.17) is 18.6 Å². The number of ether oxygens (including phenoxy) is 3. The summed E-state index contributed by atoms with van der Waals surface area (Å²) < 4.78 is 22.1. The molecule has 0 unspecified atom stereocenters. The van der Waals surface area contributed by atoms with Gasteiger partial charge in [0.2, 0.25) is 5.75 Å². The molecule has 2 aliphatic heterocycles. The first-order valence-electron chi connectivity index (χ1n) is 8.27. The minimum Gasteiger partial charge on any atom is -0.486 e. The smallest absolute Gasteiger partial charge is 0.257 e. The van der Waals surface area contributed by atoms with Gasteiger partial charge >= 0.3 is 0 Å². The van der Waals surface area contributed by atoms with Gasteiger partial charge in [-0.2, -0.15) is 0 Å². The lowest BCUT2D eigenvalue weighted by Gasteiger charge is -2.36. The maximum atomic E-state index is 12.3. The second-order valence-electron chi connectivity index (χ2n) is 6.06. The van der Waals surface area contributed by atoms with E-state index in [9.17, 15) is 9.90 Å². The van der Waals surface area contributed by atoms with Crippen LogP contribution in [0.5, 0.6) is 17.2 Å². The van der Waals surface area contributed by atoms with E-state index in [0.29, 0.717) is 49.0 Å². The summed E-state index contributed by atoms with van der Waals surface area (Å²) in [7, 11) is 0. The molecule has 7 heteroatoms. The van der Waals surface area contributed by atoms with Crippen LogP contribution in [0.1, 0.15) is 16.8 Å². The molecular formula is C18H19NO6. The van der Waals surface area contributed by atoms with E-state index in [-0.39, 0.29) is 12.5 Å². The van der Waals surface area contributed by atoms with E-state index < -0.39 is 12.2 Å². The van der Waals surface area contributed by atoms with Gasteiger partial charge in [0.1, 0.15) is 31.7 Å². The maximum Gasteiger partial charge on any atom is 0.257 e. The Morgan fingerprint density at radius 1 is 1.24 bits per heavy atom. The molecule has 1 aromatic carbocycles. The van der Waals surface area contributed by atoms with Crippen molar-refractivity contribution in [1.82, 2.24) is 4.90 Å². The number of likely N-dealkylation sites (tertiary alicyclic amines) is 1. The molecule has 1 N–H and O–H groups in total. The predicted molar refractivity (Wildman–Crippen MR) is 87.1 cm³/mol. The van der Waals surface area contributed by atoms with Gasteiger partial charge in [-0.25, -0.2) is 0 Å². The highest BCUT2D eigenvalue weighted by molar-refractivity contribution is 5.93. The number of para-hydroxylation sites is 1. The predicted octanol–water partition coefficient (Wildman–Crippen LogP) is 1.71. The number of carbonyl (C=O) groups excluding carboxylic acids is 1. The summed E-state index contributed by atoms with van der Waals surface area (Å²) >= 11 is 0. The van der Waals surface area contributed by atoms with Crippen molar-refractivity contribution in [3.63, 3.8) is 0 Å². The number of piperidine rings is 1. The van der Waals surface area contributed by atoms with Crippen LogP contribution in [0.25, 0.3) is 0 Å². The molecule has 4 rings (SSSR count). The fourth-order valence-electron chi connectivity index (χ4n) is 3.10. The van der Waals surface area contributed by atoms with Crippen LogP contribution in [-0.2, 0) is 0 Å². The fraction of sp³-hybridized carbons (Fsp3) is 0.389. The standard InChI is InChI=1S/C18H19NO6/c20-13-10-19(18(21)12-5-7-22-11-12)6-4-14(13)25-16-3-1-2-15-17(16)24-9-8-23-15/h1-3,5,7,11,13-14,20H,4,6,8-10H2/t13-,14-/m1/s1. The van der Waals surface area contributed by atoms with Crippen LogP contribution in [0, 0.1) is 0 Å². The number of nitrogens with zero attached hydrogens (tertiary/aromatic N) is 1. The molecule has 132 valence electrons. The minimum atomic E-state index is -0.787. The average Bonchev–Trinajstić information content (AvgIpc) is 3.18. The molecule has 7 nitrogen and oxygen atoms in total. The second kappa shape index (κ2) is 6.68. The SMILES string of the molecule is O=C(c1ccoc1)N1CC[C@@H](Oc2cccc3c2OCCO3)[C@H](O)C1. The van der Waals surface area contributed by atoms with E-state index in [2.05, 4.69) is 0 Å². The molecule has 2 aromatic rings. The van der Waals surface area contributed by atoms with Gasteiger partial charge in [0.25, 0.3) is 5.91 Å². The van der Waals surface area contributed by atoms with E-state index in [1.54, 1.807) is 17.0 Å². The zero-order valence-electron chi connectivity index (χ0n) is 13.6. The molecule has 2 aliphatic rings. The maximum absolute atomic E-state index is 12.3. The van der Waals surface area contributed by atoms with Gasteiger partial charge in [0.15, 0.2) is 11.5 Å². The molecule has 0 saturated carbocycles. The van der Waals surface area contributed by atoms with Crippen LogP contribution < -0.4 is 14.2 Å². The Labute approximate surface area is 144 Å². The normalized spacial score (nSPS) is 22.5. The van der Waals surface area contributed by atoms with Crippen LogP contribution in [0.3, 0.4) is 0 Å². The highest BCUT2D eigenvalue weighted by atomic mass is 16.6. The van der Waals surface area contributed by atoms with Crippen molar-refractivity contribution in [2.45, 2.75) is 18.6 Å². The monoisotopic (exact) mass is 345 g/mol. The molecule has 1 saturated heterocycles. The van der Waals surface area contributed by atoms with Crippen molar-refractivity contribution in [3.8, 4) is 17.2 Å². The molecule has 0 aliphatic carbocycles. The quantitative estimate of drug-likeness (QED) is 0.912. The lowest BCUT2D eigenvalue weighted by atomic mass is 10.0. The summed E-state index contributed by atoms with van der Waals surface area (Å²) in [5.41, 5.74) is 0.481. The molecule has 1 aromatic heterocycles. The number of hydrogen-bond donors (Lipinski definition) is 1. The molecule has 0 spiro atoms. The Hall–Kier alpha value is -2.67. The van der Waals surface area contributed by atoms with Crippen LogP contribution in [0.2, 0.25) is 0 Å². The average molecular weight is 345 g/mol. The van der Waals surface area contributed by atoms with Gasteiger partial charge in [0, 0.05) is 13.0 Å². The molecule has 25 heavy (non-hydrogen) atoms. The number of amides is 1. The molecule has 0 radical (unpaired) electrons. The third kappa shape index (κ3) is 3.15. The van der Waals surface area contributed by atoms with Crippen LogP contribution >= 0.6 is 0 Å².